The third-order valence-corrected chi connectivity index (χ3v) is 4.90. The number of hydrogen-bond acceptors (Lipinski definition) is 5. The Kier molecular flexibility index (Phi) is 6.18. The number of rotatable bonds is 7. The summed E-state index contributed by atoms with van der Waals surface area (Å²) in [5, 5.41) is 5.36. The molecule has 3 rings (SSSR count). The number of fused-ring (bicyclic) bond motifs is 1. The topological polar surface area (TPSA) is 63.4 Å². The largest absolute Gasteiger partial charge is 0.497 e. The van der Waals surface area contributed by atoms with Gasteiger partial charge in [-0.2, -0.15) is 0 Å². The number of aromatic nitrogens is 2. The molecule has 0 unspecified atom stereocenters. The minimum Gasteiger partial charge on any atom is -0.497 e. The van der Waals surface area contributed by atoms with Crippen LogP contribution in [0.4, 0.5) is 0 Å². The van der Waals surface area contributed by atoms with Crippen LogP contribution >= 0.6 is 11.3 Å². The summed E-state index contributed by atoms with van der Waals surface area (Å²) in [6.07, 6.45) is 4.03. The van der Waals surface area contributed by atoms with E-state index in [0.717, 1.165) is 40.2 Å². The number of hydrogen-bond donors (Lipinski definition) is 1. The summed E-state index contributed by atoms with van der Waals surface area (Å²) in [6.45, 7) is 4.04. The van der Waals surface area contributed by atoms with Gasteiger partial charge in [0.05, 0.1) is 26.5 Å². The Labute approximate surface area is 163 Å². The zero-order valence-corrected chi connectivity index (χ0v) is 16.9. The zero-order valence-electron chi connectivity index (χ0n) is 16.1. The number of aliphatic imine (C=N–C) groups is 1. The second-order valence-corrected chi connectivity index (χ2v) is 6.90. The normalized spacial score (nSPS) is 11.6. The average molecular weight is 388 g/mol. The molecule has 0 fully saturated rings. The number of nitrogens with zero attached hydrogens (tertiary/aromatic N) is 4. The van der Waals surface area contributed by atoms with E-state index in [1.165, 1.54) is 0 Å². The van der Waals surface area contributed by atoms with Crippen molar-refractivity contribution in [2.75, 3.05) is 27.8 Å². The van der Waals surface area contributed by atoms with E-state index in [1.54, 1.807) is 25.6 Å². The van der Waals surface area contributed by atoms with Crippen molar-refractivity contribution in [1.82, 2.24) is 19.6 Å². The number of imidazole rings is 1. The number of benzene rings is 1. The molecule has 0 amide bonds. The van der Waals surface area contributed by atoms with Crippen LogP contribution in [0.5, 0.6) is 11.5 Å². The van der Waals surface area contributed by atoms with Crippen molar-refractivity contribution in [1.29, 1.82) is 0 Å². The Balaban J connectivity index is 1.74. The fourth-order valence-electron chi connectivity index (χ4n) is 2.79. The third-order valence-electron chi connectivity index (χ3n) is 4.13. The standard InChI is InChI=1S/C19H25N5O2S/c1-5-20-18(21-11-15-13-24-8-9-27-19(24)22-15)23(2)12-14-6-7-16(25-3)10-17(14)26-4/h6-10,13H,5,11-12H2,1-4H3,(H,20,21). The van der Waals surface area contributed by atoms with E-state index in [9.17, 15) is 0 Å². The fraction of sp³-hybridized carbons (Fsp3) is 0.368. The van der Waals surface area contributed by atoms with Gasteiger partial charge in [0.15, 0.2) is 10.9 Å². The lowest BCUT2D eigenvalue weighted by Crippen LogP contribution is -2.38. The maximum absolute atomic E-state index is 5.50. The van der Waals surface area contributed by atoms with Crippen LogP contribution in [0.3, 0.4) is 0 Å². The maximum atomic E-state index is 5.50. The van der Waals surface area contributed by atoms with E-state index in [1.807, 2.05) is 47.4 Å². The molecule has 0 spiro atoms. The van der Waals surface area contributed by atoms with Crippen LogP contribution in [0.1, 0.15) is 18.2 Å². The van der Waals surface area contributed by atoms with Crippen molar-refractivity contribution in [3.8, 4) is 11.5 Å². The minimum atomic E-state index is 0.529. The smallest absolute Gasteiger partial charge is 0.194 e. The first kappa shape index (κ1) is 19.0. The van der Waals surface area contributed by atoms with Crippen molar-refractivity contribution < 1.29 is 9.47 Å². The summed E-state index contributed by atoms with van der Waals surface area (Å²) in [5.41, 5.74) is 2.02. The van der Waals surface area contributed by atoms with Gasteiger partial charge in [-0.05, 0) is 19.1 Å². The summed E-state index contributed by atoms with van der Waals surface area (Å²) in [5.74, 6) is 2.40. The highest BCUT2D eigenvalue weighted by Gasteiger charge is 2.12. The van der Waals surface area contributed by atoms with Gasteiger partial charge in [0.2, 0.25) is 0 Å². The molecule has 3 aromatic rings. The molecule has 0 saturated heterocycles. The van der Waals surface area contributed by atoms with Crippen molar-refractivity contribution in [3.63, 3.8) is 0 Å². The predicted molar refractivity (Wildman–Crippen MR) is 109 cm³/mol. The van der Waals surface area contributed by atoms with Gasteiger partial charge in [0.1, 0.15) is 11.5 Å². The molecule has 7 nitrogen and oxygen atoms in total. The molecule has 0 saturated carbocycles. The van der Waals surface area contributed by atoms with Gasteiger partial charge in [-0.3, -0.25) is 4.40 Å². The lowest BCUT2D eigenvalue weighted by atomic mass is 10.2. The lowest BCUT2D eigenvalue weighted by Gasteiger charge is -2.23. The molecular weight excluding hydrogens is 362 g/mol. The van der Waals surface area contributed by atoms with Gasteiger partial charge in [0, 0.05) is 49.5 Å². The summed E-state index contributed by atoms with van der Waals surface area (Å²) in [7, 11) is 5.33. The molecule has 2 heterocycles. The molecule has 27 heavy (non-hydrogen) atoms. The highest BCUT2D eigenvalue weighted by Crippen LogP contribution is 2.25. The Morgan fingerprint density at radius 1 is 1.33 bits per heavy atom. The molecular formula is C19H25N5O2S. The van der Waals surface area contributed by atoms with E-state index < -0.39 is 0 Å². The van der Waals surface area contributed by atoms with Crippen LogP contribution in [0, 0.1) is 0 Å². The molecule has 1 aromatic carbocycles. The van der Waals surface area contributed by atoms with Crippen LogP contribution in [0.15, 0.2) is 41.0 Å². The molecule has 1 N–H and O–H groups in total. The molecule has 0 aliphatic heterocycles. The molecule has 8 heteroatoms. The summed E-state index contributed by atoms with van der Waals surface area (Å²) in [6, 6.07) is 5.85. The number of thiazole rings is 1. The van der Waals surface area contributed by atoms with Gasteiger partial charge in [-0.25, -0.2) is 9.98 Å². The highest BCUT2D eigenvalue weighted by atomic mass is 32.1. The van der Waals surface area contributed by atoms with Crippen LogP contribution in [0.25, 0.3) is 4.96 Å². The zero-order chi connectivity index (χ0) is 19.2. The van der Waals surface area contributed by atoms with E-state index >= 15 is 0 Å². The first-order valence-corrected chi connectivity index (χ1v) is 9.64. The number of guanidine groups is 1. The molecule has 0 bridgehead atoms. The molecule has 0 atom stereocenters. The monoisotopic (exact) mass is 387 g/mol. The first-order chi connectivity index (χ1) is 13.1. The molecule has 0 aliphatic carbocycles. The Bertz CT molecular complexity index is 889. The van der Waals surface area contributed by atoms with Gasteiger partial charge in [0.25, 0.3) is 0 Å². The highest BCUT2D eigenvalue weighted by molar-refractivity contribution is 7.15. The van der Waals surface area contributed by atoms with Gasteiger partial charge in [-0.15, -0.1) is 11.3 Å². The number of nitrogens with one attached hydrogen (secondary N) is 1. The Morgan fingerprint density at radius 3 is 2.89 bits per heavy atom. The van der Waals surface area contributed by atoms with Gasteiger partial charge in [-0.1, -0.05) is 0 Å². The molecule has 0 radical (unpaired) electrons. The van der Waals surface area contributed by atoms with Gasteiger partial charge < -0.3 is 19.7 Å². The SMILES string of the molecule is CCNC(=NCc1cn2ccsc2n1)N(C)Cc1ccc(OC)cc1OC. The first-order valence-electron chi connectivity index (χ1n) is 8.76. The third kappa shape index (κ3) is 4.51. The van der Waals surface area contributed by atoms with E-state index in [4.69, 9.17) is 14.5 Å². The molecule has 2 aromatic heterocycles. The molecule has 144 valence electrons. The van der Waals surface area contributed by atoms with E-state index in [2.05, 4.69) is 22.1 Å². The van der Waals surface area contributed by atoms with Crippen LogP contribution in [0.2, 0.25) is 0 Å². The van der Waals surface area contributed by atoms with Crippen LogP contribution in [-0.2, 0) is 13.1 Å². The second-order valence-electron chi connectivity index (χ2n) is 6.03. The van der Waals surface area contributed by atoms with Crippen LogP contribution < -0.4 is 14.8 Å². The van der Waals surface area contributed by atoms with Crippen molar-refractivity contribution in [3.05, 3.63) is 47.2 Å². The van der Waals surface area contributed by atoms with Crippen molar-refractivity contribution >= 4 is 22.3 Å². The maximum Gasteiger partial charge on any atom is 0.194 e. The van der Waals surface area contributed by atoms with Crippen molar-refractivity contribution in [2.24, 2.45) is 4.99 Å². The Hall–Kier alpha value is -2.74. The Morgan fingerprint density at radius 2 is 2.19 bits per heavy atom. The van der Waals surface area contributed by atoms with Gasteiger partial charge >= 0.3 is 0 Å². The quantitative estimate of drug-likeness (QED) is 0.499. The van der Waals surface area contributed by atoms with Crippen molar-refractivity contribution in [2.45, 2.75) is 20.0 Å². The summed E-state index contributed by atoms with van der Waals surface area (Å²) < 4.78 is 12.8. The van der Waals surface area contributed by atoms with Crippen LogP contribution in [-0.4, -0.2) is 48.1 Å². The van der Waals surface area contributed by atoms with E-state index in [0.29, 0.717) is 13.1 Å². The number of ether oxygens (including phenoxy) is 2. The number of methoxy groups -OCH3 is 2. The minimum absolute atomic E-state index is 0.529. The fourth-order valence-corrected chi connectivity index (χ4v) is 3.51. The second kappa shape index (κ2) is 8.77. The summed E-state index contributed by atoms with van der Waals surface area (Å²) >= 11 is 1.62. The van der Waals surface area contributed by atoms with E-state index in [-0.39, 0.29) is 0 Å². The lowest BCUT2D eigenvalue weighted by molar-refractivity contribution is 0.382. The molecule has 0 aliphatic rings. The average Bonchev–Trinajstić information content (AvgIpc) is 3.27. The summed E-state index contributed by atoms with van der Waals surface area (Å²) in [4.78, 5) is 12.4. The predicted octanol–water partition coefficient (Wildman–Crippen LogP) is 3.01.